The summed E-state index contributed by atoms with van der Waals surface area (Å²) in [7, 11) is 0. The molecule has 0 heteroatoms. The third-order valence-electron chi connectivity index (χ3n) is 6.04. The van der Waals surface area contributed by atoms with Crippen molar-refractivity contribution < 1.29 is 0 Å². The summed E-state index contributed by atoms with van der Waals surface area (Å²) in [6, 6.07) is 24.5. The maximum atomic E-state index is 2.40. The summed E-state index contributed by atoms with van der Waals surface area (Å²) < 4.78 is 0. The van der Waals surface area contributed by atoms with Gasteiger partial charge >= 0.3 is 0 Å². The molecule has 0 aromatic heterocycles. The molecule has 0 radical (unpaired) electrons. The van der Waals surface area contributed by atoms with Crippen molar-refractivity contribution in [2.24, 2.45) is 0 Å². The molecule has 0 amide bonds. The molecule has 0 aliphatic carbocycles. The van der Waals surface area contributed by atoms with E-state index in [1.807, 2.05) is 0 Å². The van der Waals surface area contributed by atoms with Crippen LogP contribution in [0.4, 0.5) is 0 Å². The van der Waals surface area contributed by atoms with Gasteiger partial charge in [-0.15, -0.1) is 0 Å². The van der Waals surface area contributed by atoms with Gasteiger partial charge < -0.3 is 0 Å². The van der Waals surface area contributed by atoms with Crippen LogP contribution in [0.5, 0.6) is 0 Å². The molecule has 0 spiro atoms. The molecule has 0 bridgehead atoms. The van der Waals surface area contributed by atoms with E-state index >= 15 is 0 Å². The van der Waals surface area contributed by atoms with Crippen molar-refractivity contribution in [2.75, 3.05) is 0 Å². The summed E-state index contributed by atoms with van der Waals surface area (Å²) in [4.78, 5) is 0. The van der Waals surface area contributed by atoms with Crippen LogP contribution in [0.1, 0.15) is 83.1 Å². The molecule has 148 valence electrons. The van der Waals surface area contributed by atoms with E-state index in [0.717, 1.165) is 0 Å². The summed E-state index contributed by atoms with van der Waals surface area (Å²) in [5, 5.41) is 2.64. The second kappa shape index (κ2) is 11.1. The lowest BCUT2D eigenvalue weighted by molar-refractivity contribution is 0.544. The Kier molecular flexibility index (Phi) is 8.15. The first-order valence-electron chi connectivity index (χ1n) is 11.4. The predicted molar refractivity (Wildman–Crippen MR) is 125 cm³/mol. The Morgan fingerprint density at radius 3 is 2.07 bits per heavy atom. The zero-order valence-corrected chi connectivity index (χ0v) is 17.8. The molecule has 0 fully saturated rings. The van der Waals surface area contributed by atoms with Gasteiger partial charge in [0.15, 0.2) is 0 Å². The molecule has 3 rings (SSSR count). The van der Waals surface area contributed by atoms with Gasteiger partial charge in [0.25, 0.3) is 0 Å². The quantitative estimate of drug-likeness (QED) is 0.294. The predicted octanol–water partition coefficient (Wildman–Crippen LogP) is 9.14. The number of hydrogen-bond acceptors (Lipinski definition) is 0. The molecular formula is C28H36. The minimum atomic E-state index is 0.614. The smallest absolute Gasteiger partial charge is 0.0149 e. The lowest BCUT2D eigenvalue weighted by Crippen LogP contribution is -1.97. The van der Waals surface area contributed by atoms with Crippen LogP contribution in [0, 0.1) is 0 Å². The average Bonchev–Trinajstić information content (AvgIpc) is 2.75. The van der Waals surface area contributed by atoms with Crippen molar-refractivity contribution in [1.82, 2.24) is 0 Å². The molecule has 3 aromatic rings. The Labute approximate surface area is 172 Å². The van der Waals surface area contributed by atoms with Crippen molar-refractivity contribution in [2.45, 2.75) is 77.6 Å². The summed E-state index contributed by atoms with van der Waals surface area (Å²) >= 11 is 0. The fourth-order valence-corrected chi connectivity index (χ4v) is 4.29. The van der Waals surface area contributed by atoms with E-state index in [9.17, 15) is 0 Å². The zero-order valence-electron chi connectivity index (χ0n) is 17.8. The third-order valence-corrected chi connectivity index (χ3v) is 6.04. The number of unbranched alkanes of at least 4 members (excludes halogenated alkanes) is 7. The van der Waals surface area contributed by atoms with Crippen molar-refractivity contribution in [3.63, 3.8) is 0 Å². The van der Waals surface area contributed by atoms with Crippen molar-refractivity contribution >= 4 is 10.8 Å². The fourth-order valence-electron chi connectivity index (χ4n) is 4.29. The Morgan fingerprint density at radius 2 is 1.29 bits per heavy atom. The summed E-state index contributed by atoms with van der Waals surface area (Å²) in [5.41, 5.74) is 4.25. The SMILES string of the molecule is CCCCCCCCCCC(C)c1ccccc1-c1ccc2ccccc2c1. The van der Waals surface area contributed by atoms with E-state index in [0.29, 0.717) is 5.92 Å². The minimum Gasteiger partial charge on any atom is -0.0654 e. The molecule has 28 heavy (non-hydrogen) atoms. The second-order valence-electron chi connectivity index (χ2n) is 8.31. The van der Waals surface area contributed by atoms with E-state index in [-0.39, 0.29) is 0 Å². The maximum absolute atomic E-state index is 2.40. The lowest BCUT2D eigenvalue weighted by Gasteiger charge is -2.17. The molecule has 0 heterocycles. The third kappa shape index (κ3) is 5.71. The van der Waals surface area contributed by atoms with Crippen LogP contribution < -0.4 is 0 Å². The van der Waals surface area contributed by atoms with Crippen LogP contribution in [0.25, 0.3) is 21.9 Å². The van der Waals surface area contributed by atoms with Crippen LogP contribution in [0.15, 0.2) is 66.7 Å². The van der Waals surface area contributed by atoms with E-state index in [1.165, 1.54) is 85.3 Å². The van der Waals surface area contributed by atoms with E-state index in [2.05, 4.69) is 80.6 Å². The Balaban J connectivity index is 1.60. The second-order valence-corrected chi connectivity index (χ2v) is 8.31. The monoisotopic (exact) mass is 372 g/mol. The largest absolute Gasteiger partial charge is 0.0654 e. The highest BCUT2D eigenvalue weighted by molar-refractivity contribution is 5.87. The van der Waals surface area contributed by atoms with Gasteiger partial charge in [0.05, 0.1) is 0 Å². The Hall–Kier alpha value is -2.08. The van der Waals surface area contributed by atoms with Gasteiger partial charge in [0.2, 0.25) is 0 Å². The van der Waals surface area contributed by atoms with Gasteiger partial charge in [0, 0.05) is 0 Å². The standard InChI is InChI=1S/C28H36/c1-3-4-5-6-7-8-9-10-15-23(2)27-18-13-14-19-28(27)26-21-20-24-16-11-12-17-25(24)22-26/h11-14,16-23H,3-10,15H2,1-2H3. The van der Waals surface area contributed by atoms with Gasteiger partial charge in [-0.2, -0.15) is 0 Å². The molecular weight excluding hydrogens is 336 g/mol. The molecule has 0 aliphatic rings. The molecule has 0 aliphatic heterocycles. The first kappa shape index (κ1) is 20.6. The minimum absolute atomic E-state index is 0.614. The zero-order chi connectivity index (χ0) is 19.6. The van der Waals surface area contributed by atoms with Gasteiger partial charge in [-0.25, -0.2) is 0 Å². The Bertz CT molecular complexity index is 845. The van der Waals surface area contributed by atoms with E-state index < -0.39 is 0 Å². The first-order chi connectivity index (χ1) is 13.8. The van der Waals surface area contributed by atoms with Crippen LogP contribution in [-0.2, 0) is 0 Å². The average molecular weight is 373 g/mol. The fraction of sp³-hybridized carbons (Fsp3) is 0.429. The molecule has 0 saturated heterocycles. The van der Waals surface area contributed by atoms with Crippen molar-refractivity contribution in [3.8, 4) is 11.1 Å². The van der Waals surface area contributed by atoms with Crippen LogP contribution >= 0.6 is 0 Å². The van der Waals surface area contributed by atoms with Gasteiger partial charge in [-0.3, -0.25) is 0 Å². The topological polar surface area (TPSA) is 0 Å². The molecule has 0 N–H and O–H groups in total. The first-order valence-corrected chi connectivity index (χ1v) is 11.4. The number of rotatable bonds is 11. The van der Waals surface area contributed by atoms with Crippen molar-refractivity contribution in [3.05, 3.63) is 72.3 Å². The molecule has 0 saturated carbocycles. The van der Waals surface area contributed by atoms with Crippen molar-refractivity contribution in [1.29, 1.82) is 0 Å². The molecule has 3 aromatic carbocycles. The number of fused-ring (bicyclic) bond motifs is 1. The lowest BCUT2D eigenvalue weighted by atomic mass is 9.88. The summed E-state index contributed by atoms with van der Waals surface area (Å²) in [5.74, 6) is 0.614. The summed E-state index contributed by atoms with van der Waals surface area (Å²) in [6.45, 7) is 4.69. The van der Waals surface area contributed by atoms with Gasteiger partial charge in [-0.05, 0) is 45.9 Å². The molecule has 1 unspecified atom stereocenters. The highest BCUT2D eigenvalue weighted by atomic mass is 14.2. The highest BCUT2D eigenvalue weighted by Crippen LogP contribution is 2.33. The maximum Gasteiger partial charge on any atom is -0.0149 e. The van der Waals surface area contributed by atoms with Crippen LogP contribution in [0.2, 0.25) is 0 Å². The molecule has 1 atom stereocenters. The van der Waals surface area contributed by atoms with Crippen LogP contribution in [0.3, 0.4) is 0 Å². The van der Waals surface area contributed by atoms with Crippen LogP contribution in [-0.4, -0.2) is 0 Å². The Morgan fingerprint density at radius 1 is 0.643 bits per heavy atom. The summed E-state index contributed by atoms with van der Waals surface area (Å²) in [6.07, 6.45) is 12.4. The van der Waals surface area contributed by atoms with E-state index in [4.69, 9.17) is 0 Å². The number of benzene rings is 3. The number of hydrogen-bond donors (Lipinski definition) is 0. The van der Waals surface area contributed by atoms with Gasteiger partial charge in [-0.1, -0.05) is 126 Å². The highest BCUT2D eigenvalue weighted by Gasteiger charge is 2.12. The van der Waals surface area contributed by atoms with Gasteiger partial charge in [0.1, 0.15) is 0 Å². The normalized spacial score (nSPS) is 12.4. The van der Waals surface area contributed by atoms with E-state index in [1.54, 1.807) is 0 Å². The molecule has 0 nitrogen and oxygen atoms in total.